The van der Waals surface area contributed by atoms with Crippen LogP contribution in [0.4, 0.5) is 11.4 Å². The quantitative estimate of drug-likeness (QED) is 0.460. The highest BCUT2D eigenvalue weighted by atomic mass is 79.9. The maximum Gasteiger partial charge on any atom is 0.0464 e. The van der Waals surface area contributed by atoms with Crippen LogP contribution in [0.25, 0.3) is 10.1 Å². The second kappa shape index (κ2) is 5.87. The molecular formula is C16H14BrN3S. The molecule has 3 aromatic rings. The molecule has 0 aliphatic rings. The normalized spacial score (nSPS) is 10.7. The van der Waals surface area contributed by atoms with Crippen molar-refractivity contribution >= 4 is 54.9 Å². The Bertz CT molecular complexity index is 810. The molecule has 0 unspecified atom stereocenters. The minimum absolute atomic E-state index is 0.593. The lowest BCUT2D eigenvalue weighted by atomic mass is 10.1. The molecule has 4 N–H and O–H groups in total. The maximum atomic E-state index is 7.53. The molecule has 0 atom stereocenters. The third-order valence-corrected chi connectivity index (χ3v) is 4.72. The average Bonchev–Trinajstić information content (AvgIpc) is 2.93. The van der Waals surface area contributed by atoms with Crippen LogP contribution >= 0.6 is 27.3 Å². The van der Waals surface area contributed by atoms with Crippen molar-refractivity contribution in [2.24, 2.45) is 0 Å². The molecule has 21 heavy (non-hydrogen) atoms. The van der Waals surface area contributed by atoms with E-state index >= 15 is 0 Å². The average molecular weight is 360 g/mol. The number of nitrogens with two attached hydrogens (primary N) is 1. The summed E-state index contributed by atoms with van der Waals surface area (Å²) in [6.45, 7) is 0.699. The summed E-state index contributed by atoms with van der Waals surface area (Å²) in [6.07, 6.45) is 1.29. The SMILES string of the molecule is N=Cc1c(N)cc(Br)cc1NCc1cccc2sccc12. The molecule has 5 heteroatoms. The fourth-order valence-corrected chi connectivity index (χ4v) is 3.66. The summed E-state index contributed by atoms with van der Waals surface area (Å²) in [6, 6.07) is 12.2. The highest BCUT2D eigenvalue weighted by molar-refractivity contribution is 9.10. The van der Waals surface area contributed by atoms with E-state index in [0.717, 1.165) is 15.7 Å². The molecule has 0 fully saturated rings. The Morgan fingerprint density at radius 2 is 2.14 bits per heavy atom. The Morgan fingerprint density at radius 1 is 1.29 bits per heavy atom. The summed E-state index contributed by atoms with van der Waals surface area (Å²) in [7, 11) is 0. The van der Waals surface area contributed by atoms with Gasteiger partial charge in [-0.15, -0.1) is 11.3 Å². The summed E-state index contributed by atoms with van der Waals surface area (Å²) < 4.78 is 2.19. The van der Waals surface area contributed by atoms with Crippen LogP contribution in [0.5, 0.6) is 0 Å². The van der Waals surface area contributed by atoms with Crippen LogP contribution < -0.4 is 11.1 Å². The molecular weight excluding hydrogens is 346 g/mol. The van der Waals surface area contributed by atoms with Crippen LogP contribution in [0.15, 0.2) is 46.3 Å². The van der Waals surface area contributed by atoms with Gasteiger partial charge in [-0.05, 0) is 40.6 Å². The molecule has 1 heterocycles. The number of hydrogen-bond acceptors (Lipinski definition) is 4. The minimum Gasteiger partial charge on any atom is -0.398 e. The molecule has 106 valence electrons. The van der Waals surface area contributed by atoms with E-state index in [0.29, 0.717) is 12.2 Å². The lowest BCUT2D eigenvalue weighted by Gasteiger charge is -2.13. The monoisotopic (exact) mass is 359 g/mol. The van der Waals surface area contributed by atoms with Crippen LogP contribution in [-0.2, 0) is 6.54 Å². The number of thiophene rings is 1. The van der Waals surface area contributed by atoms with Crippen LogP contribution in [0.3, 0.4) is 0 Å². The van der Waals surface area contributed by atoms with Crippen molar-refractivity contribution < 1.29 is 0 Å². The molecule has 1 aromatic heterocycles. The van der Waals surface area contributed by atoms with E-state index < -0.39 is 0 Å². The molecule has 3 rings (SSSR count). The van der Waals surface area contributed by atoms with Crippen molar-refractivity contribution in [1.29, 1.82) is 5.41 Å². The van der Waals surface area contributed by atoms with Gasteiger partial charge in [0, 0.05) is 38.9 Å². The molecule has 0 aliphatic carbocycles. The summed E-state index contributed by atoms with van der Waals surface area (Å²) in [5.74, 6) is 0. The topological polar surface area (TPSA) is 61.9 Å². The fourth-order valence-electron chi connectivity index (χ4n) is 2.35. The van der Waals surface area contributed by atoms with Crippen LogP contribution in [0.2, 0.25) is 0 Å². The van der Waals surface area contributed by atoms with Gasteiger partial charge in [0.25, 0.3) is 0 Å². The van der Waals surface area contributed by atoms with Crippen LogP contribution in [0, 0.1) is 5.41 Å². The van der Waals surface area contributed by atoms with E-state index in [-0.39, 0.29) is 0 Å². The third kappa shape index (κ3) is 2.80. The molecule has 0 amide bonds. The number of benzene rings is 2. The zero-order chi connectivity index (χ0) is 14.8. The predicted octanol–water partition coefficient (Wildman–Crippen LogP) is 4.86. The Morgan fingerprint density at radius 3 is 2.95 bits per heavy atom. The van der Waals surface area contributed by atoms with Crippen molar-refractivity contribution in [3.05, 3.63) is 57.4 Å². The molecule has 0 aliphatic heterocycles. The van der Waals surface area contributed by atoms with Gasteiger partial charge in [0.15, 0.2) is 0 Å². The molecule has 3 nitrogen and oxygen atoms in total. The van der Waals surface area contributed by atoms with E-state index in [1.807, 2.05) is 12.1 Å². The lowest BCUT2D eigenvalue weighted by Crippen LogP contribution is -2.05. The summed E-state index contributed by atoms with van der Waals surface area (Å²) in [5, 5.41) is 14.3. The Hall–Kier alpha value is -1.85. The van der Waals surface area contributed by atoms with Gasteiger partial charge >= 0.3 is 0 Å². The summed E-state index contributed by atoms with van der Waals surface area (Å²) in [5.41, 5.74) is 9.37. The predicted molar refractivity (Wildman–Crippen MR) is 95.6 cm³/mol. The van der Waals surface area contributed by atoms with Crippen molar-refractivity contribution in [3.8, 4) is 0 Å². The maximum absolute atomic E-state index is 7.53. The smallest absolute Gasteiger partial charge is 0.0464 e. The molecule has 0 saturated heterocycles. The van der Waals surface area contributed by atoms with Crippen LogP contribution in [-0.4, -0.2) is 6.21 Å². The van der Waals surface area contributed by atoms with Crippen molar-refractivity contribution in [1.82, 2.24) is 0 Å². The van der Waals surface area contributed by atoms with Crippen molar-refractivity contribution in [2.45, 2.75) is 6.54 Å². The van der Waals surface area contributed by atoms with Gasteiger partial charge in [0.1, 0.15) is 0 Å². The largest absolute Gasteiger partial charge is 0.398 e. The number of fused-ring (bicyclic) bond motifs is 1. The van der Waals surface area contributed by atoms with Crippen molar-refractivity contribution in [3.63, 3.8) is 0 Å². The zero-order valence-electron chi connectivity index (χ0n) is 11.2. The number of hydrogen-bond donors (Lipinski definition) is 3. The van der Waals surface area contributed by atoms with Crippen LogP contribution in [0.1, 0.15) is 11.1 Å². The van der Waals surface area contributed by atoms with Gasteiger partial charge in [-0.25, -0.2) is 0 Å². The first-order valence-corrected chi connectivity index (χ1v) is 8.15. The first-order valence-electron chi connectivity index (χ1n) is 6.47. The number of nitrogen functional groups attached to an aromatic ring is 1. The third-order valence-electron chi connectivity index (χ3n) is 3.38. The number of anilines is 2. The second-order valence-electron chi connectivity index (χ2n) is 4.70. The van der Waals surface area contributed by atoms with E-state index in [1.165, 1.54) is 21.9 Å². The van der Waals surface area contributed by atoms with Gasteiger partial charge in [-0.3, -0.25) is 0 Å². The molecule has 0 saturated carbocycles. The van der Waals surface area contributed by atoms with Gasteiger partial charge in [0.2, 0.25) is 0 Å². The molecule has 0 radical (unpaired) electrons. The standard InChI is InChI=1S/C16H14BrN3S/c17-11-6-14(19)13(8-18)15(7-11)20-9-10-2-1-3-16-12(10)4-5-21-16/h1-8,18,20H,9,19H2. The van der Waals surface area contributed by atoms with Gasteiger partial charge in [0.05, 0.1) is 0 Å². The van der Waals surface area contributed by atoms with Crippen molar-refractivity contribution in [2.75, 3.05) is 11.1 Å². The zero-order valence-corrected chi connectivity index (χ0v) is 13.6. The number of nitrogens with one attached hydrogen (secondary N) is 2. The van der Waals surface area contributed by atoms with E-state index in [9.17, 15) is 0 Å². The Labute approximate surface area is 135 Å². The van der Waals surface area contributed by atoms with E-state index in [4.69, 9.17) is 11.1 Å². The van der Waals surface area contributed by atoms with E-state index in [2.05, 4.69) is 50.9 Å². The molecule has 0 bridgehead atoms. The fraction of sp³-hybridized carbons (Fsp3) is 0.0625. The minimum atomic E-state index is 0.593. The highest BCUT2D eigenvalue weighted by Crippen LogP contribution is 2.28. The highest BCUT2D eigenvalue weighted by Gasteiger charge is 2.07. The van der Waals surface area contributed by atoms with E-state index in [1.54, 1.807) is 11.3 Å². The first kappa shape index (κ1) is 14.1. The first-order chi connectivity index (χ1) is 10.2. The summed E-state index contributed by atoms with van der Waals surface area (Å²) in [4.78, 5) is 0. The Kier molecular flexibility index (Phi) is 3.94. The van der Waals surface area contributed by atoms with Gasteiger partial charge in [-0.1, -0.05) is 28.1 Å². The number of halogens is 1. The second-order valence-corrected chi connectivity index (χ2v) is 6.57. The van der Waals surface area contributed by atoms with Gasteiger partial charge < -0.3 is 16.5 Å². The van der Waals surface area contributed by atoms with Gasteiger partial charge in [-0.2, -0.15) is 0 Å². The number of rotatable bonds is 4. The lowest BCUT2D eigenvalue weighted by molar-refractivity contribution is 1.17. The Balaban J connectivity index is 1.91. The summed E-state index contributed by atoms with van der Waals surface area (Å²) >= 11 is 5.19. The molecule has 2 aromatic carbocycles. The molecule has 0 spiro atoms.